The smallest absolute Gasteiger partial charge is 0.305 e. The van der Waals surface area contributed by atoms with Crippen LogP contribution >= 0.6 is 0 Å². The molecule has 7 heteroatoms. The summed E-state index contributed by atoms with van der Waals surface area (Å²) in [5, 5.41) is 11.3. The summed E-state index contributed by atoms with van der Waals surface area (Å²) in [4.78, 5) is 35.7. The van der Waals surface area contributed by atoms with Crippen LogP contribution in [-0.4, -0.2) is 53.0 Å². The van der Waals surface area contributed by atoms with Gasteiger partial charge in [-0.05, 0) is 5.92 Å². The van der Waals surface area contributed by atoms with Crippen molar-refractivity contribution in [1.29, 1.82) is 0 Å². The Hall–Kier alpha value is -1.63. The largest absolute Gasteiger partial charge is 0.481 e. The van der Waals surface area contributed by atoms with Crippen molar-refractivity contribution in [3.05, 3.63) is 0 Å². The molecule has 0 aromatic rings. The van der Waals surface area contributed by atoms with Gasteiger partial charge in [0.2, 0.25) is 11.8 Å². The van der Waals surface area contributed by atoms with Crippen LogP contribution in [0.15, 0.2) is 0 Å². The Morgan fingerprint density at radius 1 is 1.56 bits per heavy atom. The van der Waals surface area contributed by atoms with Gasteiger partial charge in [0, 0.05) is 13.1 Å². The molecule has 0 spiro atoms. The molecule has 1 aliphatic rings. The van der Waals surface area contributed by atoms with Crippen LogP contribution in [0.2, 0.25) is 0 Å². The number of nitrogens with two attached hydrogens (primary N) is 1. The van der Waals surface area contributed by atoms with Gasteiger partial charge in [-0.2, -0.15) is 0 Å². The highest BCUT2D eigenvalue weighted by Gasteiger charge is 2.37. The Morgan fingerprint density at radius 3 is 2.67 bits per heavy atom. The number of nitrogens with zero attached hydrogens (tertiary/aromatic N) is 1. The van der Waals surface area contributed by atoms with Gasteiger partial charge in [0.1, 0.15) is 6.04 Å². The second kappa shape index (κ2) is 5.81. The summed E-state index contributed by atoms with van der Waals surface area (Å²) in [6.07, 6.45) is -0.400. The van der Waals surface area contributed by atoms with E-state index in [2.05, 4.69) is 5.32 Å². The van der Waals surface area contributed by atoms with Crippen molar-refractivity contribution in [3.8, 4) is 0 Å². The number of carbonyl (C=O) groups excluding carboxylic acids is 2. The zero-order chi connectivity index (χ0) is 13.9. The molecule has 0 aliphatic carbocycles. The Kier molecular flexibility index (Phi) is 4.66. The number of piperazine rings is 1. The van der Waals surface area contributed by atoms with Crippen LogP contribution in [0.1, 0.15) is 20.3 Å². The van der Waals surface area contributed by atoms with Crippen molar-refractivity contribution in [2.75, 3.05) is 13.1 Å². The van der Waals surface area contributed by atoms with E-state index in [0.29, 0.717) is 13.1 Å². The molecule has 0 aromatic carbocycles. The first-order valence-electron chi connectivity index (χ1n) is 5.90. The van der Waals surface area contributed by atoms with Crippen molar-refractivity contribution in [1.82, 2.24) is 10.2 Å². The number of aliphatic carboxylic acids is 1. The molecule has 18 heavy (non-hydrogen) atoms. The van der Waals surface area contributed by atoms with E-state index in [9.17, 15) is 14.4 Å². The SMILES string of the molecule is CC(C)C(N)C(=O)N1CCNC(=O)C1CC(=O)O. The van der Waals surface area contributed by atoms with E-state index in [-0.39, 0.29) is 11.8 Å². The van der Waals surface area contributed by atoms with Gasteiger partial charge in [-0.1, -0.05) is 13.8 Å². The van der Waals surface area contributed by atoms with Crippen LogP contribution in [0.5, 0.6) is 0 Å². The molecular formula is C11H19N3O4. The van der Waals surface area contributed by atoms with Crippen LogP contribution in [0.25, 0.3) is 0 Å². The fraction of sp³-hybridized carbons (Fsp3) is 0.727. The van der Waals surface area contributed by atoms with Gasteiger partial charge >= 0.3 is 5.97 Å². The molecule has 2 atom stereocenters. The molecular weight excluding hydrogens is 238 g/mol. The number of carboxylic acids is 1. The second-order valence-electron chi connectivity index (χ2n) is 4.71. The molecule has 102 valence electrons. The average Bonchev–Trinajstić information content (AvgIpc) is 2.29. The molecule has 1 rings (SSSR count). The molecule has 0 radical (unpaired) electrons. The van der Waals surface area contributed by atoms with E-state index < -0.39 is 30.4 Å². The highest BCUT2D eigenvalue weighted by atomic mass is 16.4. The van der Waals surface area contributed by atoms with Crippen LogP contribution < -0.4 is 11.1 Å². The second-order valence-corrected chi connectivity index (χ2v) is 4.71. The first-order valence-corrected chi connectivity index (χ1v) is 5.90. The number of carbonyl (C=O) groups is 3. The van der Waals surface area contributed by atoms with E-state index in [4.69, 9.17) is 10.8 Å². The quantitative estimate of drug-likeness (QED) is 0.584. The first kappa shape index (κ1) is 14.4. The molecule has 2 amide bonds. The predicted octanol–water partition coefficient (Wildman–Crippen LogP) is -1.23. The zero-order valence-corrected chi connectivity index (χ0v) is 10.5. The highest BCUT2D eigenvalue weighted by Crippen LogP contribution is 2.13. The molecule has 1 fully saturated rings. The minimum atomic E-state index is -1.12. The molecule has 1 heterocycles. The monoisotopic (exact) mass is 257 g/mol. The molecule has 7 nitrogen and oxygen atoms in total. The maximum absolute atomic E-state index is 12.1. The average molecular weight is 257 g/mol. The third kappa shape index (κ3) is 3.19. The lowest BCUT2D eigenvalue weighted by Crippen LogP contribution is -2.61. The summed E-state index contributed by atoms with van der Waals surface area (Å²) < 4.78 is 0. The topological polar surface area (TPSA) is 113 Å². The van der Waals surface area contributed by atoms with Gasteiger partial charge in [-0.3, -0.25) is 14.4 Å². The summed E-state index contributed by atoms with van der Waals surface area (Å²) in [5.41, 5.74) is 5.76. The number of carboxylic acid groups (broad SMARTS) is 1. The minimum Gasteiger partial charge on any atom is -0.481 e. The van der Waals surface area contributed by atoms with Crippen LogP contribution in [-0.2, 0) is 14.4 Å². The number of amides is 2. The third-order valence-electron chi connectivity index (χ3n) is 2.99. The van der Waals surface area contributed by atoms with Crippen molar-refractivity contribution >= 4 is 17.8 Å². The van der Waals surface area contributed by atoms with Crippen molar-refractivity contribution in [3.63, 3.8) is 0 Å². The van der Waals surface area contributed by atoms with Gasteiger partial charge < -0.3 is 21.1 Å². The van der Waals surface area contributed by atoms with Gasteiger partial charge in [0.25, 0.3) is 0 Å². The lowest BCUT2D eigenvalue weighted by Gasteiger charge is -2.36. The fourth-order valence-electron chi connectivity index (χ4n) is 1.82. The number of rotatable bonds is 4. The van der Waals surface area contributed by atoms with Gasteiger partial charge in [-0.25, -0.2) is 0 Å². The van der Waals surface area contributed by atoms with Crippen LogP contribution in [0.4, 0.5) is 0 Å². The molecule has 1 saturated heterocycles. The zero-order valence-electron chi connectivity index (χ0n) is 10.5. The highest BCUT2D eigenvalue weighted by molar-refractivity contribution is 5.93. The summed E-state index contributed by atoms with van der Waals surface area (Å²) in [5.74, 6) is -1.99. The Balaban J connectivity index is 2.85. The minimum absolute atomic E-state index is 0.0621. The van der Waals surface area contributed by atoms with Crippen LogP contribution in [0, 0.1) is 5.92 Å². The molecule has 4 N–H and O–H groups in total. The summed E-state index contributed by atoms with van der Waals surface area (Å²) >= 11 is 0. The third-order valence-corrected chi connectivity index (χ3v) is 2.99. The Labute approximate surface area is 105 Å². The maximum atomic E-state index is 12.1. The van der Waals surface area contributed by atoms with Gasteiger partial charge in [0.15, 0.2) is 0 Å². The van der Waals surface area contributed by atoms with Crippen molar-refractivity contribution in [2.45, 2.75) is 32.4 Å². The van der Waals surface area contributed by atoms with Crippen molar-refractivity contribution < 1.29 is 19.5 Å². The van der Waals surface area contributed by atoms with E-state index in [0.717, 1.165) is 0 Å². The van der Waals surface area contributed by atoms with Crippen LogP contribution in [0.3, 0.4) is 0 Å². The van der Waals surface area contributed by atoms with E-state index in [1.54, 1.807) is 13.8 Å². The molecule has 2 unspecified atom stereocenters. The fourth-order valence-corrected chi connectivity index (χ4v) is 1.82. The van der Waals surface area contributed by atoms with E-state index in [1.165, 1.54) is 4.90 Å². The number of hydrogen-bond donors (Lipinski definition) is 3. The summed E-state index contributed by atoms with van der Waals surface area (Å²) in [6, 6.07) is -1.68. The number of nitrogens with one attached hydrogen (secondary N) is 1. The first-order chi connectivity index (χ1) is 8.34. The standard InChI is InChI=1S/C11H19N3O4/c1-6(2)9(12)11(18)14-4-3-13-10(17)7(14)5-8(15)16/h6-7,9H,3-5,12H2,1-2H3,(H,13,17)(H,15,16). The normalized spacial score (nSPS) is 21.7. The Bertz CT molecular complexity index is 356. The lowest BCUT2D eigenvalue weighted by molar-refractivity contribution is -0.149. The maximum Gasteiger partial charge on any atom is 0.305 e. The molecule has 0 bridgehead atoms. The molecule has 1 aliphatic heterocycles. The lowest BCUT2D eigenvalue weighted by atomic mass is 10.0. The van der Waals surface area contributed by atoms with Gasteiger partial charge in [0.05, 0.1) is 12.5 Å². The number of hydrogen-bond acceptors (Lipinski definition) is 4. The predicted molar refractivity (Wildman–Crippen MR) is 63.6 cm³/mol. The van der Waals surface area contributed by atoms with E-state index in [1.807, 2.05) is 0 Å². The Morgan fingerprint density at radius 2 is 2.17 bits per heavy atom. The van der Waals surface area contributed by atoms with Crippen molar-refractivity contribution in [2.24, 2.45) is 11.7 Å². The summed E-state index contributed by atoms with van der Waals surface area (Å²) in [6.45, 7) is 4.23. The molecule has 0 aromatic heterocycles. The van der Waals surface area contributed by atoms with Gasteiger partial charge in [-0.15, -0.1) is 0 Å². The molecule has 0 saturated carbocycles. The van der Waals surface area contributed by atoms with E-state index >= 15 is 0 Å². The summed E-state index contributed by atoms with van der Waals surface area (Å²) in [7, 11) is 0.